The average Bonchev–Trinajstić information content (AvgIpc) is 3.38. The first-order chi connectivity index (χ1) is 20.5. The molecule has 43 heavy (non-hydrogen) atoms. The van der Waals surface area contributed by atoms with Crippen molar-refractivity contribution in [3.63, 3.8) is 0 Å². The molecule has 0 aliphatic carbocycles. The van der Waals surface area contributed by atoms with Crippen LogP contribution in [0.2, 0.25) is 0 Å². The normalized spacial score (nSPS) is 12.4. The first-order valence-electron chi connectivity index (χ1n) is 13.3. The van der Waals surface area contributed by atoms with E-state index in [9.17, 15) is 26.3 Å². The van der Waals surface area contributed by atoms with Crippen molar-refractivity contribution in [2.75, 3.05) is 0 Å². The summed E-state index contributed by atoms with van der Waals surface area (Å²) in [4.78, 5) is 4.47. The first-order valence-corrected chi connectivity index (χ1v) is 13.3. The summed E-state index contributed by atoms with van der Waals surface area (Å²) in [6.45, 7) is 0. The monoisotopic (exact) mass is 583 g/mol. The van der Waals surface area contributed by atoms with Gasteiger partial charge in [-0.25, -0.2) is 0 Å². The standard InChI is InChI=1S/C35H19F6NO/c36-34(37,38)26-15-24(16-27(18-26)35(39,40)41)22-12-13-23-14-25(19-42-31(23)17-22)20-8-10-21(11-9-20)28-5-3-6-30-29-4-1-2-7-32(29)43-33(28)30/h1-19H. The zero-order chi connectivity index (χ0) is 29.9. The molecule has 0 bridgehead atoms. The van der Waals surface area contributed by atoms with Crippen LogP contribution in [0.25, 0.3) is 66.2 Å². The van der Waals surface area contributed by atoms with Crippen LogP contribution in [0, 0.1) is 0 Å². The van der Waals surface area contributed by atoms with E-state index >= 15 is 0 Å². The summed E-state index contributed by atoms with van der Waals surface area (Å²) >= 11 is 0. The van der Waals surface area contributed by atoms with Gasteiger partial charge in [0.1, 0.15) is 11.2 Å². The molecule has 0 fully saturated rings. The van der Waals surface area contributed by atoms with Gasteiger partial charge in [0.05, 0.1) is 16.6 Å². The Hall–Kier alpha value is -5.11. The molecule has 5 aromatic carbocycles. The molecular formula is C35H19F6NO. The van der Waals surface area contributed by atoms with E-state index < -0.39 is 23.5 Å². The topological polar surface area (TPSA) is 26.0 Å². The number of halogens is 6. The number of fused-ring (bicyclic) bond motifs is 4. The summed E-state index contributed by atoms with van der Waals surface area (Å²) in [6.07, 6.45) is -8.21. The fourth-order valence-corrected chi connectivity index (χ4v) is 5.40. The van der Waals surface area contributed by atoms with Crippen molar-refractivity contribution in [2.24, 2.45) is 0 Å². The van der Waals surface area contributed by atoms with Gasteiger partial charge in [0, 0.05) is 33.5 Å². The summed E-state index contributed by atoms with van der Waals surface area (Å²) in [5, 5.41) is 2.78. The highest BCUT2D eigenvalue weighted by atomic mass is 19.4. The Morgan fingerprint density at radius 1 is 0.512 bits per heavy atom. The van der Waals surface area contributed by atoms with Gasteiger partial charge in [-0.15, -0.1) is 0 Å². The maximum atomic E-state index is 13.4. The van der Waals surface area contributed by atoms with E-state index in [1.54, 1.807) is 12.3 Å². The highest BCUT2D eigenvalue weighted by Crippen LogP contribution is 2.40. The average molecular weight is 584 g/mol. The van der Waals surface area contributed by atoms with Crippen LogP contribution < -0.4 is 0 Å². The van der Waals surface area contributed by atoms with E-state index in [2.05, 4.69) is 4.98 Å². The second-order valence-electron chi connectivity index (χ2n) is 10.3. The summed E-state index contributed by atoms with van der Waals surface area (Å²) in [5.41, 5.74) is 3.02. The van der Waals surface area contributed by atoms with Crippen molar-refractivity contribution in [1.82, 2.24) is 4.98 Å². The maximum Gasteiger partial charge on any atom is 0.416 e. The molecule has 7 aromatic rings. The van der Waals surface area contributed by atoms with Crippen molar-refractivity contribution >= 4 is 32.8 Å². The molecule has 0 N–H and O–H groups in total. The SMILES string of the molecule is FC(F)(F)c1cc(-c2ccc3cc(-c4ccc(-c5cccc6c5oc5ccccc56)cc4)cnc3c2)cc(C(F)(F)F)c1. The molecule has 0 radical (unpaired) electrons. The number of rotatable bonds is 3. The van der Waals surface area contributed by atoms with Crippen LogP contribution in [0.15, 0.2) is 120 Å². The van der Waals surface area contributed by atoms with Crippen LogP contribution in [-0.2, 0) is 12.4 Å². The third-order valence-electron chi connectivity index (χ3n) is 7.54. The number of benzene rings is 5. The lowest BCUT2D eigenvalue weighted by atomic mass is 9.97. The summed E-state index contributed by atoms with van der Waals surface area (Å²) < 4.78 is 86.3. The van der Waals surface area contributed by atoms with E-state index in [4.69, 9.17) is 4.42 Å². The van der Waals surface area contributed by atoms with E-state index in [0.717, 1.165) is 56.3 Å². The second kappa shape index (κ2) is 9.73. The number of pyridine rings is 1. The Kier molecular flexibility index (Phi) is 6.06. The maximum absolute atomic E-state index is 13.4. The number of alkyl halides is 6. The third kappa shape index (κ3) is 4.88. The molecule has 2 nitrogen and oxygen atoms in total. The molecule has 0 atom stereocenters. The summed E-state index contributed by atoms with van der Waals surface area (Å²) in [7, 11) is 0. The fraction of sp³-hybridized carbons (Fsp3) is 0.0571. The molecule has 0 amide bonds. The van der Waals surface area contributed by atoms with Gasteiger partial charge in [0.2, 0.25) is 0 Å². The van der Waals surface area contributed by atoms with Gasteiger partial charge < -0.3 is 4.42 Å². The van der Waals surface area contributed by atoms with Crippen LogP contribution in [-0.4, -0.2) is 4.98 Å². The summed E-state index contributed by atoms with van der Waals surface area (Å²) in [5.74, 6) is 0. The number of aromatic nitrogens is 1. The third-order valence-corrected chi connectivity index (χ3v) is 7.54. The van der Waals surface area contributed by atoms with Crippen molar-refractivity contribution in [2.45, 2.75) is 12.4 Å². The predicted octanol–water partition coefficient (Wildman–Crippen LogP) is 11.2. The lowest BCUT2D eigenvalue weighted by Crippen LogP contribution is -2.11. The number of para-hydroxylation sites is 2. The van der Waals surface area contributed by atoms with Gasteiger partial charge >= 0.3 is 12.4 Å². The molecule has 0 unspecified atom stereocenters. The van der Waals surface area contributed by atoms with Crippen LogP contribution in [0.4, 0.5) is 26.3 Å². The van der Waals surface area contributed by atoms with Crippen molar-refractivity contribution in [3.05, 3.63) is 127 Å². The van der Waals surface area contributed by atoms with Gasteiger partial charge in [0.15, 0.2) is 0 Å². The zero-order valence-corrected chi connectivity index (χ0v) is 22.1. The molecule has 0 aliphatic rings. The molecule has 8 heteroatoms. The molecular weight excluding hydrogens is 564 g/mol. The number of furan rings is 1. The smallest absolute Gasteiger partial charge is 0.416 e. The minimum Gasteiger partial charge on any atom is -0.455 e. The van der Waals surface area contributed by atoms with E-state index in [1.165, 1.54) is 12.1 Å². The van der Waals surface area contributed by atoms with Gasteiger partial charge in [-0.1, -0.05) is 72.8 Å². The minimum atomic E-state index is -4.92. The van der Waals surface area contributed by atoms with E-state index in [0.29, 0.717) is 10.9 Å². The Balaban J connectivity index is 1.22. The van der Waals surface area contributed by atoms with Crippen LogP contribution in [0.3, 0.4) is 0 Å². The molecule has 2 aromatic heterocycles. The van der Waals surface area contributed by atoms with Crippen LogP contribution in [0.1, 0.15) is 11.1 Å². The lowest BCUT2D eigenvalue weighted by Gasteiger charge is -2.14. The molecule has 0 aliphatic heterocycles. The molecule has 0 saturated carbocycles. The van der Waals surface area contributed by atoms with Crippen molar-refractivity contribution < 1.29 is 30.8 Å². The first kappa shape index (κ1) is 26.8. The number of nitrogens with zero attached hydrogens (tertiary/aromatic N) is 1. The Morgan fingerprint density at radius 3 is 1.88 bits per heavy atom. The Bertz CT molecular complexity index is 2130. The zero-order valence-electron chi connectivity index (χ0n) is 22.1. The highest BCUT2D eigenvalue weighted by Gasteiger charge is 2.37. The van der Waals surface area contributed by atoms with Gasteiger partial charge in [0.25, 0.3) is 0 Å². The highest BCUT2D eigenvalue weighted by molar-refractivity contribution is 6.09. The van der Waals surface area contributed by atoms with Gasteiger partial charge in [-0.3, -0.25) is 4.98 Å². The number of hydrogen-bond donors (Lipinski definition) is 0. The van der Waals surface area contributed by atoms with E-state index in [-0.39, 0.29) is 17.2 Å². The van der Waals surface area contributed by atoms with E-state index in [1.807, 2.05) is 72.8 Å². The molecule has 2 heterocycles. The van der Waals surface area contributed by atoms with Crippen molar-refractivity contribution in [1.29, 1.82) is 0 Å². The van der Waals surface area contributed by atoms with Crippen LogP contribution >= 0.6 is 0 Å². The lowest BCUT2D eigenvalue weighted by molar-refractivity contribution is -0.143. The fourth-order valence-electron chi connectivity index (χ4n) is 5.40. The molecule has 0 spiro atoms. The molecule has 7 rings (SSSR count). The van der Waals surface area contributed by atoms with Gasteiger partial charge in [-0.2, -0.15) is 26.3 Å². The minimum absolute atomic E-state index is 0.122. The molecule has 212 valence electrons. The Labute approximate surface area is 240 Å². The largest absolute Gasteiger partial charge is 0.455 e. The van der Waals surface area contributed by atoms with Crippen molar-refractivity contribution in [3.8, 4) is 33.4 Å². The van der Waals surface area contributed by atoms with Gasteiger partial charge in [-0.05, 0) is 58.7 Å². The quantitative estimate of drug-likeness (QED) is 0.193. The second-order valence-corrected chi connectivity index (χ2v) is 10.3. The Morgan fingerprint density at radius 2 is 1.16 bits per heavy atom. The predicted molar refractivity (Wildman–Crippen MR) is 155 cm³/mol. The molecule has 0 saturated heterocycles. The number of hydrogen-bond acceptors (Lipinski definition) is 2. The van der Waals surface area contributed by atoms with Crippen LogP contribution in [0.5, 0.6) is 0 Å². The summed E-state index contributed by atoms with van der Waals surface area (Å²) in [6, 6.07) is 29.9.